The highest BCUT2D eigenvalue weighted by atomic mass is 79.9. The molecule has 3 nitrogen and oxygen atoms in total. The van der Waals surface area contributed by atoms with Crippen LogP contribution in [-0.4, -0.2) is 13.2 Å². The van der Waals surface area contributed by atoms with Crippen LogP contribution in [0.15, 0.2) is 46.9 Å². The largest absolute Gasteiger partial charge is 0.494 e. The molecule has 1 unspecified atom stereocenters. The van der Waals surface area contributed by atoms with E-state index in [1.807, 2.05) is 49.4 Å². The first kappa shape index (κ1) is 16.1. The number of nitrogens with two attached hydrogens (primary N) is 1. The molecule has 0 radical (unpaired) electrons. The molecule has 2 aromatic rings. The summed E-state index contributed by atoms with van der Waals surface area (Å²) in [4.78, 5) is 0. The lowest BCUT2D eigenvalue weighted by Gasteiger charge is -2.21. The predicted molar refractivity (Wildman–Crippen MR) is 92.2 cm³/mol. The van der Waals surface area contributed by atoms with E-state index in [1.54, 1.807) is 0 Å². The van der Waals surface area contributed by atoms with E-state index in [1.165, 1.54) is 0 Å². The summed E-state index contributed by atoms with van der Waals surface area (Å²) in [6, 6.07) is 13.6. The van der Waals surface area contributed by atoms with Gasteiger partial charge in [-0.25, -0.2) is 0 Å². The highest BCUT2D eigenvalue weighted by Gasteiger charge is 2.14. The minimum atomic E-state index is -0.0370. The number of anilines is 1. The molecule has 0 amide bonds. The molecule has 0 fully saturated rings. The molecular formula is C16H18BrClN2O. The number of para-hydroxylation sites is 1. The summed E-state index contributed by atoms with van der Waals surface area (Å²) in [5, 5.41) is 4.06. The number of nitrogens with one attached hydrogen (secondary N) is 1. The molecule has 112 valence electrons. The van der Waals surface area contributed by atoms with Crippen molar-refractivity contribution in [2.45, 2.75) is 13.0 Å². The van der Waals surface area contributed by atoms with E-state index in [2.05, 4.69) is 21.2 Å². The Labute approximate surface area is 138 Å². The number of halogens is 2. The second-order valence-electron chi connectivity index (χ2n) is 4.53. The zero-order valence-corrected chi connectivity index (χ0v) is 14.1. The van der Waals surface area contributed by atoms with E-state index >= 15 is 0 Å². The van der Waals surface area contributed by atoms with Crippen molar-refractivity contribution >= 4 is 33.2 Å². The normalized spacial score (nSPS) is 12.0. The van der Waals surface area contributed by atoms with Gasteiger partial charge in [-0.3, -0.25) is 0 Å². The topological polar surface area (TPSA) is 47.3 Å². The average Bonchev–Trinajstić information content (AvgIpc) is 2.49. The SMILES string of the molecule is CCOc1ccccc1C(CN)Nc1ccc(Br)c(Cl)c1. The third-order valence-electron chi connectivity index (χ3n) is 3.09. The molecule has 0 aromatic heterocycles. The van der Waals surface area contributed by atoms with E-state index in [-0.39, 0.29) is 6.04 Å². The summed E-state index contributed by atoms with van der Waals surface area (Å²) >= 11 is 9.51. The zero-order chi connectivity index (χ0) is 15.2. The van der Waals surface area contributed by atoms with Crippen molar-refractivity contribution in [1.82, 2.24) is 0 Å². The Hall–Kier alpha value is -1.23. The van der Waals surface area contributed by atoms with Crippen LogP contribution in [0.1, 0.15) is 18.5 Å². The van der Waals surface area contributed by atoms with Crippen molar-refractivity contribution in [1.29, 1.82) is 0 Å². The van der Waals surface area contributed by atoms with Crippen LogP contribution in [0.25, 0.3) is 0 Å². The number of hydrogen-bond acceptors (Lipinski definition) is 3. The van der Waals surface area contributed by atoms with Gasteiger partial charge in [0.25, 0.3) is 0 Å². The van der Waals surface area contributed by atoms with E-state index in [0.29, 0.717) is 18.2 Å². The summed E-state index contributed by atoms with van der Waals surface area (Å²) in [7, 11) is 0. The number of rotatable bonds is 6. The standard InChI is InChI=1S/C16H18BrClN2O/c1-2-21-16-6-4-3-5-12(16)15(10-19)20-11-7-8-13(17)14(18)9-11/h3-9,15,20H,2,10,19H2,1H3. The van der Waals surface area contributed by atoms with E-state index in [4.69, 9.17) is 22.1 Å². The quantitative estimate of drug-likeness (QED) is 0.781. The predicted octanol–water partition coefficient (Wildman–Crippen LogP) is 4.61. The van der Waals surface area contributed by atoms with Crippen molar-refractivity contribution in [3.05, 3.63) is 57.5 Å². The van der Waals surface area contributed by atoms with Gasteiger partial charge in [0.15, 0.2) is 0 Å². The lowest BCUT2D eigenvalue weighted by atomic mass is 10.1. The molecule has 0 spiro atoms. The molecule has 1 atom stereocenters. The fourth-order valence-corrected chi connectivity index (χ4v) is 2.53. The molecule has 3 N–H and O–H groups in total. The van der Waals surface area contributed by atoms with Crippen molar-refractivity contribution in [2.75, 3.05) is 18.5 Å². The van der Waals surface area contributed by atoms with Gasteiger partial charge in [0.1, 0.15) is 5.75 Å². The van der Waals surface area contributed by atoms with Gasteiger partial charge in [0, 0.05) is 22.3 Å². The second-order valence-corrected chi connectivity index (χ2v) is 5.79. The molecular weight excluding hydrogens is 352 g/mol. The third kappa shape index (κ3) is 4.13. The molecule has 0 aliphatic rings. The Kier molecular flexibility index (Phi) is 5.91. The fraction of sp³-hybridized carbons (Fsp3) is 0.250. The number of hydrogen-bond donors (Lipinski definition) is 2. The first-order valence-electron chi connectivity index (χ1n) is 6.79. The van der Waals surface area contributed by atoms with Crippen LogP contribution in [0.3, 0.4) is 0 Å². The van der Waals surface area contributed by atoms with Crippen LogP contribution < -0.4 is 15.8 Å². The molecule has 21 heavy (non-hydrogen) atoms. The fourth-order valence-electron chi connectivity index (χ4n) is 2.11. The van der Waals surface area contributed by atoms with Gasteiger partial charge in [-0.2, -0.15) is 0 Å². The summed E-state index contributed by atoms with van der Waals surface area (Å²) in [5.41, 5.74) is 7.89. The minimum absolute atomic E-state index is 0.0370. The molecule has 0 heterocycles. The van der Waals surface area contributed by atoms with Gasteiger partial charge >= 0.3 is 0 Å². The van der Waals surface area contributed by atoms with Gasteiger partial charge in [0.2, 0.25) is 0 Å². The van der Waals surface area contributed by atoms with Crippen LogP contribution in [0.5, 0.6) is 5.75 Å². The maximum absolute atomic E-state index is 6.12. The Balaban J connectivity index is 2.25. The van der Waals surface area contributed by atoms with Gasteiger partial charge < -0.3 is 15.8 Å². The molecule has 0 saturated carbocycles. The third-order valence-corrected chi connectivity index (χ3v) is 4.32. The lowest BCUT2D eigenvalue weighted by Crippen LogP contribution is -2.21. The Bertz CT molecular complexity index is 607. The summed E-state index contributed by atoms with van der Waals surface area (Å²) in [6.07, 6.45) is 0. The maximum atomic E-state index is 6.12. The Morgan fingerprint density at radius 2 is 2.05 bits per heavy atom. The lowest BCUT2D eigenvalue weighted by molar-refractivity contribution is 0.335. The summed E-state index contributed by atoms with van der Waals surface area (Å²) in [5.74, 6) is 0.853. The molecule has 0 saturated heterocycles. The van der Waals surface area contributed by atoms with Crippen LogP contribution in [0, 0.1) is 0 Å². The molecule has 2 rings (SSSR count). The van der Waals surface area contributed by atoms with Crippen molar-refractivity contribution in [3.8, 4) is 5.75 Å². The summed E-state index contributed by atoms with van der Waals surface area (Å²) < 4.78 is 6.54. The highest BCUT2D eigenvalue weighted by molar-refractivity contribution is 9.10. The van der Waals surface area contributed by atoms with Crippen molar-refractivity contribution in [2.24, 2.45) is 5.73 Å². The summed E-state index contributed by atoms with van der Waals surface area (Å²) in [6.45, 7) is 3.05. The Morgan fingerprint density at radius 1 is 1.29 bits per heavy atom. The van der Waals surface area contributed by atoms with Crippen LogP contribution in [0.2, 0.25) is 5.02 Å². The first-order chi connectivity index (χ1) is 10.2. The van der Waals surface area contributed by atoms with Gasteiger partial charge in [-0.05, 0) is 47.1 Å². The second kappa shape index (κ2) is 7.69. The van der Waals surface area contributed by atoms with E-state index in [0.717, 1.165) is 21.5 Å². The molecule has 0 aliphatic heterocycles. The molecule has 0 aliphatic carbocycles. The number of ether oxygens (including phenoxy) is 1. The van der Waals surface area contributed by atoms with Gasteiger partial charge in [0.05, 0.1) is 17.7 Å². The van der Waals surface area contributed by atoms with E-state index < -0.39 is 0 Å². The molecule has 0 bridgehead atoms. The smallest absolute Gasteiger partial charge is 0.124 e. The van der Waals surface area contributed by atoms with Crippen LogP contribution in [0.4, 0.5) is 5.69 Å². The minimum Gasteiger partial charge on any atom is -0.494 e. The average molecular weight is 370 g/mol. The Morgan fingerprint density at radius 3 is 2.71 bits per heavy atom. The van der Waals surface area contributed by atoms with Crippen molar-refractivity contribution < 1.29 is 4.74 Å². The van der Waals surface area contributed by atoms with Gasteiger partial charge in [-0.1, -0.05) is 29.8 Å². The maximum Gasteiger partial charge on any atom is 0.124 e. The monoisotopic (exact) mass is 368 g/mol. The molecule has 5 heteroatoms. The van der Waals surface area contributed by atoms with Gasteiger partial charge in [-0.15, -0.1) is 0 Å². The van der Waals surface area contributed by atoms with Crippen LogP contribution in [-0.2, 0) is 0 Å². The zero-order valence-electron chi connectivity index (χ0n) is 11.8. The van der Waals surface area contributed by atoms with E-state index in [9.17, 15) is 0 Å². The van der Waals surface area contributed by atoms with Crippen LogP contribution >= 0.6 is 27.5 Å². The number of benzene rings is 2. The van der Waals surface area contributed by atoms with Crippen molar-refractivity contribution in [3.63, 3.8) is 0 Å². The highest BCUT2D eigenvalue weighted by Crippen LogP contribution is 2.30. The first-order valence-corrected chi connectivity index (χ1v) is 7.96. The molecule has 2 aromatic carbocycles.